The Morgan fingerprint density at radius 3 is 3.14 bits per heavy atom. The predicted molar refractivity (Wildman–Crippen MR) is 62.4 cm³/mol. The highest BCUT2D eigenvalue weighted by Crippen LogP contribution is 2.26. The molecule has 1 aromatic heterocycles. The van der Waals surface area contributed by atoms with E-state index in [0.717, 1.165) is 17.6 Å². The largest absolute Gasteiger partial charge is 0.344 e. The van der Waals surface area contributed by atoms with E-state index in [9.17, 15) is 0 Å². The Labute approximate surface area is 93.9 Å². The summed E-state index contributed by atoms with van der Waals surface area (Å²) in [6, 6.07) is 0.491. The van der Waals surface area contributed by atoms with Gasteiger partial charge in [-0.2, -0.15) is 0 Å². The third-order valence-corrected chi connectivity index (χ3v) is 3.89. The molecule has 2 heterocycles. The summed E-state index contributed by atoms with van der Waals surface area (Å²) in [6.07, 6.45) is 6.99. The average Bonchev–Trinajstić information content (AvgIpc) is 2.63. The van der Waals surface area contributed by atoms with Crippen molar-refractivity contribution in [3.05, 3.63) is 11.6 Å². The van der Waals surface area contributed by atoms with Crippen molar-refractivity contribution in [2.24, 2.45) is 0 Å². The second kappa shape index (κ2) is 4.99. The Morgan fingerprint density at radius 2 is 2.43 bits per heavy atom. The fourth-order valence-corrected chi connectivity index (χ4v) is 3.01. The van der Waals surface area contributed by atoms with E-state index >= 15 is 0 Å². The number of rotatable bonds is 2. The first-order chi connectivity index (χ1) is 6.92. The quantitative estimate of drug-likeness (QED) is 0.726. The van der Waals surface area contributed by atoms with Crippen LogP contribution in [0.4, 0.5) is 5.13 Å². The van der Waals surface area contributed by atoms with Crippen LogP contribution in [0.15, 0.2) is 11.6 Å². The molecule has 14 heavy (non-hydrogen) atoms. The van der Waals surface area contributed by atoms with Crippen molar-refractivity contribution < 1.29 is 0 Å². The molecule has 0 N–H and O–H groups in total. The van der Waals surface area contributed by atoms with Crippen LogP contribution in [0.25, 0.3) is 0 Å². The van der Waals surface area contributed by atoms with Crippen LogP contribution >= 0.6 is 22.9 Å². The van der Waals surface area contributed by atoms with Crippen LogP contribution in [0.2, 0.25) is 0 Å². The van der Waals surface area contributed by atoms with E-state index in [1.807, 2.05) is 11.6 Å². The average molecular weight is 231 g/mol. The minimum atomic E-state index is 0.491. The Kier molecular flexibility index (Phi) is 3.65. The zero-order valence-corrected chi connectivity index (χ0v) is 9.73. The predicted octanol–water partition coefficient (Wildman–Crippen LogP) is 3.13. The van der Waals surface area contributed by atoms with Gasteiger partial charge < -0.3 is 4.90 Å². The molecule has 1 aromatic rings. The molecule has 1 aliphatic heterocycles. The Bertz CT molecular complexity index is 263. The molecular formula is C10H15ClN2S. The Hall–Kier alpha value is -0.280. The van der Waals surface area contributed by atoms with Crippen molar-refractivity contribution in [2.75, 3.05) is 17.3 Å². The molecule has 0 bridgehead atoms. The van der Waals surface area contributed by atoms with Gasteiger partial charge in [-0.15, -0.1) is 22.9 Å². The first-order valence-corrected chi connectivity index (χ1v) is 6.55. The summed E-state index contributed by atoms with van der Waals surface area (Å²) in [4.78, 5) is 6.75. The number of aromatic nitrogens is 1. The second-order valence-electron chi connectivity index (χ2n) is 3.67. The number of hydrogen-bond donors (Lipinski definition) is 0. The SMILES string of the molecule is ClCC1CCCCCN1c1nccs1. The molecule has 1 aliphatic rings. The summed E-state index contributed by atoms with van der Waals surface area (Å²) in [5, 5.41) is 3.17. The lowest BCUT2D eigenvalue weighted by molar-refractivity contribution is 0.620. The van der Waals surface area contributed by atoms with E-state index in [-0.39, 0.29) is 0 Å². The van der Waals surface area contributed by atoms with Crippen LogP contribution in [-0.4, -0.2) is 23.5 Å². The molecule has 2 nitrogen and oxygen atoms in total. The third-order valence-electron chi connectivity index (χ3n) is 2.72. The standard InChI is InChI=1S/C10H15ClN2S/c11-8-9-4-2-1-3-6-13(9)10-12-5-7-14-10/h5,7,9H,1-4,6,8H2. The number of thiazole rings is 1. The van der Waals surface area contributed by atoms with E-state index in [1.54, 1.807) is 11.3 Å². The van der Waals surface area contributed by atoms with Crippen LogP contribution in [0.1, 0.15) is 25.7 Å². The van der Waals surface area contributed by atoms with Crippen LogP contribution in [0.5, 0.6) is 0 Å². The molecule has 4 heteroatoms. The zero-order valence-electron chi connectivity index (χ0n) is 8.16. The van der Waals surface area contributed by atoms with Gasteiger partial charge in [0.25, 0.3) is 0 Å². The first kappa shape index (κ1) is 10.2. The molecule has 78 valence electrons. The van der Waals surface area contributed by atoms with Gasteiger partial charge >= 0.3 is 0 Å². The lowest BCUT2D eigenvalue weighted by Crippen LogP contribution is -2.36. The highest BCUT2D eigenvalue weighted by Gasteiger charge is 2.21. The minimum absolute atomic E-state index is 0.491. The van der Waals surface area contributed by atoms with Gasteiger partial charge in [0.2, 0.25) is 0 Å². The van der Waals surface area contributed by atoms with Crippen LogP contribution in [0.3, 0.4) is 0 Å². The van der Waals surface area contributed by atoms with E-state index in [4.69, 9.17) is 11.6 Å². The minimum Gasteiger partial charge on any atom is -0.344 e. The molecule has 0 amide bonds. The number of anilines is 1. The summed E-state index contributed by atoms with van der Waals surface area (Å²) < 4.78 is 0. The lowest BCUT2D eigenvalue weighted by atomic mass is 10.1. The molecule has 0 radical (unpaired) electrons. The maximum Gasteiger partial charge on any atom is 0.185 e. The highest BCUT2D eigenvalue weighted by atomic mass is 35.5. The van der Waals surface area contributed by atoms with Crippen molar-refractivity contribution in [3.63, 3.8) is 0 Å². The second-order valence-corrected chi connectivity index (χ2v) is 4.85. The molecule has 1 fully saturated rings. The molecule has 1 saturated heterocycles. The Morgan fingerprint density at radius 1 is 1.50 bits per heavy atom. The van der Waals surface area contributed by atoms with Gasteiger partial charge in [0, 0.05) is 30.0 Å². The summed E-state index contributed by atoms with van der Waals surface area (Å²) in [5.74, 6) is 0.722. The topological polar surface area (TPSA) is 16.1 Å². The summed E-state index contributed by atoms with van der Waals surface area (Å²) in [5.41, 5.74) is 0. The summed E-state index contributed by atoms with van der Waals surface area (Å²) in [7, 11) is 0. The number of halogens is 1. The number of alkyl halides is 1. The van der Waals surface area contributed by atoms with E-state index in [1.165, 1.54) is 25.7 Å². The van der Waals surface area contributed by atoms with Gasteiger partial charge in [-0.3, -0.25) is 0 Å². The molecule has 2 rings (SSSR count). The van der Waals surface area contributed by atoms with E-state index in [2.05, 4.69) is 9.88 Å². The third kappa shape index (κ3) is 2.20. The zero-order chi connectivity index (χ0) is 9.80. The van der Waals surface area contributed by atoms with Crippen molar-refractivity contribution >= 4 is 28.1 Å². The molecule has 1 atom stereocenters. The van der Waals surface area contributed by atoms with E-state index in [0.29, 0.717) is 6.04 Å². The molecule has 0 saturated carbocycles. The maximum absolute atomic E-state index is 6.00. The smallest absolute Gasteiger partial charge is 0.185 e. The highest BCUT2D eigenvalue weighted by molar-refractivity contribution is 7.13. The lowest BCUT2D eigenvalue weighted by Gasteiger charge is -2.27. The van der Waals surface area contributed by atoms with Gasteiger partial charge in [-0.1, -0.05) is 12.8 Å². The van der Waals surface area contributed by atoms with E-state index < -0.39 is 0 Å². The molecular weight excluding hydrogens is 216 g/mol. The van der Waals surface area contributed by atoms with Crippen molar-refractivity contribution in [3.8, 4) is 0 Å². The summed E-state index contributed by atoms with van der Waals surface area (Å²) in [6.45, 7) is 1.12. The fourth-order valence-electron chi connectivity index (χ4n) is 1.95. The maximum atomic E-state index is 6.00. The molecule has 0 aromatic carbocycles. The van der Waals surface area contributed by atoms with Gasteiger partial charge in [-0.25, -0.2) is 4.98 Å². The van der Waals surface area contributed by atoms with Crippen LogP contribution in [-0.2, 0) is 0 Å². The van der Waals surface area contributed by atoms with Gasteiger partial charge in [0.05, 0.1) is 0 Å². The van der Waals surface area contributed by atoms with Crippen molar-refractivity contribution in [1.82, 2.24) is 4.98 Å². The van der Waals surface area contributed by atoms with Crippen molar-refractivity contribution in [2.45, 2.75) is 31.7 Å². The Balaban J connectivity index is 2.12. The van der Waals surface area contributed by atoms with Gasteiger partial charge in [0.1, 0.15) is 0 Å². The van der Waals surface area contributed by atoms with Gasteiger partial charge in [-0.05, 0) is 12.8 Å². The monoisotopic (exact) mass is 230 g/mol. The van der Waals surface area contributed by atoms with Crippen LogP contribution in [0, 0.1) is 0 Å². The normalized spacial score (nSPS) is 23.5. The summed E-state index contributed by atoms with van der Waals surface area (Å²) >= 11 is 7.71. The number of hydrogen-bond acceptors (Lipinski definition) is 3. The molecule has 1 unspecified atom stereocenters. The first-order valence-electron chi connectivity index (χ1n) is 5.14. The van der Waals surface area contributed by atoms with Crippen molar-refractivity contribution in [1.29, 1.82) is 0 Å². The van der Waals surface area contributed by atoms with Gasteiger partial charge in [0.15, 0.2) is 5.13 Å². The fraction of sp³-hybridized carbons (Fsp3) is 0.700. The molecule has 0 aliphatic carbocycles. The number of nitrogens with zero attached hydrogens (tertiary/aromatic N) is 2. The molecule has 0 spiro atoms. The van der Waals surface area contributed by atoms with Crippen LogP contribution < -0.4 is 4.90 Å².